The van der Waals surface area contributed by atoms with Crippen LogP contribution >= 0.6 is 0 Å². The number of aromatic nitrogens is 1. The third-order valence-corrected chi connectivity index (χ3v) is 6.89. The first-order valence-corrected chi connectivity index (χ1v) is 10.0. The first-order chi connectivity index (χ1) is 11.9. The lowest BCUT2D eigenvalue weighted by Crippen LogP contribution is -2.56. The summed E-state index contributed by atoms with van der Waals surface area (Å²) in [6.45, 7) is 7.25. The maximum atomic E-state index is 5.96. The zero-order valence-corrected chi connectivity index (χ0v) is 15.7. The molecule has 4 aliphatic carbocycles. The Kier molecular flexibility index (Phi) is 3.30. The van der Waals surface area contributed by atoms with Gasteiger partial charge in [-0.2, -0.15) is 4.98 Å². The van der Waals surface area contributed by atoms with Crippen LogP contribution in [-0.4, -0.2) is 11.0 Å². The van der Waals surface area contributed by atoms with Gasteiger partial charge in [0, 0.05) is 6.04 Å². The van der Waals surface area contributed by atoms with Crippen LogP contribution in [0.2, 0.25) is 0 Å². The van der Waals surface area contributed by atoms with E-state index in [1.165, 1.54) is 38.5 Å². The van der Waals surface area contributed by atoms with Crippen molar-refractivity contribution in [1.29, 1.82) is 0 Å². The number of nitrogens with zero attached hydrogens (tertiary/aromatic N) is 1. The standard InChI is InChI=1S/C22H30N2O/c1-21(2,3)13-22-10-14-8-15(11-22)19(16(9-14)12-22)24-20-23-17-6-4-5-7-18(17)25-20/h4-7,14-16,19H,8-13H2,1-3H3,(H,23,24). The molecular weight excluding hydrogens is 308 g/mol. The van der Waals surface area contributed by atoms with Crippen LogP contribution in [0, 0.1) is 28.6 Å². The molecule has 2 atom stereocenters. The zero-order chi connectivity index (χ0) is 17.2. The summed E-state index contributed by atoms with van der Waals surface area (Å²) in [4.78, 5) is 4.66. The van der Waals surface area contributed by atoms with Gasteiger partial charge in [0.2, 0.25) is 0 Å². The smallest absolute Gasteiger partial charge is 0.295 e. The highest BCUT2D eigenvalue weighted by molar-refractivity contribution is 5.74. The van der Waals surface area contributed by atoms with Gasteiger partial charge in [-0.25, -0.2) is 0 Å². The van der Waals surface area contributed by atoms with E-state index >= 15 is 0 Å². The van der Waals surface area contributed by atoms with Crippen LogP contribution < -0.4 is 5.32 Å². The van der Waals surface area contributed by atoms with Crippen LogP contribution in [0.3, 0.4) is 0 Å². The predicted octanol–water partition coefficient (Wildman–Crippen LogP) is 5.87. The molecular formula is C22H30N2O. The topological polar surface area (TPSA) is 38.1 Å². The van der Waals surface area contributed by atoms with Gasteiger partial charge in [-0.15, -0.1) is 0 Å². The maximum Gasteiger partial charge on any atom is 0.295 e. The fourth-order valence-corrected chi connectivity index (χ4v) is 6.85. The van der Waals surface area contributed by atoms with E-state index in [1.807, 2.05) is 24.3 Å². The first kappa shape index (κ1) is 15.7. The Balaban J connectivity index is 1.38. The van der Waals surface area contributed by atoms with Crippen LogP contribution in [0.4, 0.5) is 6.01 Å². The SMILES string of the molecule is CC(C)(C)CC12CC3CC(C1)C(Nc1nc4ccccc4o1)C(C3)C2. The Hall–Kier alpha value is -1.51. The van der Waals surface area contributed by atoms with Crippen LogP contribution in [0.15, 0.2) is 28.7 Å². The van der Waals surface area contributed by atoms with E-state index in [0.29, 0.717) is 16.9 Å². The Morgan fingerprint density at radius 2 is 1.84 bits per heavy atom. The van der Waals surface area contributed by atoms with Gasteiger partial charge in [0.15, 0.2) is 5.58 Å². The summed E-state index contributed by atoms with van der Waals surface area (Å²) < 4.78 is 5.96. The molecule has 3 nitrogen and oxygen atoms in total. The van der Waals surface area contributed by atoms with Gasteiger partial charge in [0.05, 0.1) is 0 Å². The van der Waals surface area contributed by atoms with Crippen molar-refractivity contribution in [2.45, 2.75) is 65.3 Å². The highest BCUT2D eigenvalue weighted by atomic mass is 16.4. The molecule has 0 radical (unpaired) electrons. The molecule has 134 valence electrons. The number of hydrogen-bond acceptors (Lipinski definition) is 3. The number of rotatable bonds is 3. The number of oxazole rings is 1. The molecule has 0 aliphatic heterocycles. The number of fused-ring (bicyclic) bond motifs is 1. The van der Waals surface area contributed by atoms with E-state index in [4.69, 9.17) is 4.42 Å². The van der Waals surface area contributed by atoms with Crippen molar-refractivity contribution in [3.05, 3.63) is 24.3 Å². The van der Waals surface area contributed by atoms with Crippen molar-refractivity contribution in [2.75, 3.05) is 5.32 Å². The van der Waals surface area contributed by atoms with Gasteiger partial charge in [0.1, 0.15) is 5.52 Å². The van der Waals surface area contributed by atoms with E-state index in [0.717, 1.165) is 34.9 Å². The average molecular weight is 338 g/mol. The van der Waals surface area contributed by atoms with Crippen LogP contribution in [-0.2, 0) is 0 Å². The Labute approximate surface area is 150 Å². The molecule has 4 saturated carbocycles. The van der Waals surface area contributed by atoms with E-state index < -0.39 is 0 Å². The minimum atomic E-state index is 0.439. The van der Waals surface area contributed by atoms with E-state index in [2.05, 4.69) is 31.1 Å². The van der Waals surface area contributed by atoms with Gasteiger partial charge in [-0.3, -0.25) is 0 Å². The minimum absolute atomic E-state index is 0.439. The molecule has 0 spiro atoms. The number of hydrogen-bond donors (Lipinski definition) is 1. The third-order valence-electron chi connectivity index (χ3n) is 6.89. The van der Waals surface area contributed by atoms with Crippen molar-refractivity contribution in [2.24, 2.45) is 28.6 Å². The Morgan fingerprint density at radius 3 is 2.52 bits per heavy atom. The van der Waals surface area contributed by atoms with E-state index in [-0.39, 0.29) is 0 Å². The molecule has 0 amide bonds. The fraction of sp³-hybridized carbons (Fsp3) is 0.682. The third kappa shape index (κ3) is 2.76. The molecule has 2 unspecified atom stereocenters. The quantitative estimate of drug-likeness (QED) is 0.760. The highest BCUT2D eigenvalue weighted by Crippen LogP contribution is 2.63. The molecule has 25 heavy (non-hydrogen) atoms. The van der Waals surface area contributed by atoms with Crippen molar-refractivity contribution < 1.29 is 4.42 Å². The molecule has 4 fully saturated rings. The lowest BCUT2D eigenvalue weighted by molar-refractivity contribution is -0.0802. The monoisotopic (exact) mass is 338 g/mol. The van der Waals surface area contributed by atoms with Crippen molar-refractivity contribution in [3.63, 3.8) is 0 Å². The van der Waals surface area contributed by atoms with Crippen LogP contribution in [0.1, 0.15) is 59.3 Å². The highest BCUT2D eigenvalue weighted by Gasteiger charge is 2.56. The first-order valence-electron chi connectivity index (χ1n) is 10.0. The Bertz CT molecular complexity index is 738. The van der Waals surface area contributed by atoms with Crippen molar-refractivity contribution in [3.8, 4) is 0 Å². The summed E-state index contributed by atoms with van der Waals surface area (Å²) in [5.74, 6) is 2.55. The molecule has 1 aromatic carbocycles. The summed E-state index contributed by atoms with van der Waals surface area (Å²) in [6, 6.07) is 9.34. The predicted molar refractivity (Wildman–Crippen MR) is 101 cm³/mol. The summed E-state index contributed by atoms with van der Waals surface area (Å²) in [5.41, 5.74) is 2.89. The molecule has 1 N–H and O–H groups in total. The summed E-state index contributed by atoms with van der Waals surface area (Å²) >= 11 is 0. The second kappa shape index (κ2) is 5.25. The molecule has 6 rings (SSSR count). The van der Waals surface area contributed by atoms with Gasteiger partial charge < -0.3 is 9.73 Å². The molecule has 3 heteroatoms. The maximum absolute atomic E-state index is 5.96. The lowest BCUT2D eigenvalue weighted by Gasteiger charge is -2.61. The summed E-state index contributed by atoms with van der Waals surface area (Å²) in [6.07, 6.45) is 8.47. The second-order valence-electron chi connectivity index (χ2n) is 10.4. The van der Waals surface area contributed by atoms with Crippen molar-refractivity contribution in [1.82, 2.24) is 4.98 Å². The molecule has 4 bridgehead atoms. The molecule has 4 aliphatic rings. The molecule has 1 heterocycles. The normalized spacial score (nSPS) is 36.9. The van der Waals surface area contributed by atoms with E-state index in [1.54, 1.807) is 0 Å². The van der Waals surface area contributed by atoms with Crippen LogP contribution in [0.5, 0.6) is 0 Å². The Morgan fingerprint density at radius 1 is 1.12 bits per heavy atom. The van der Waals surface area contributed by atoms with Gasteiger partial charge >= 0.3 is 0 Å². The number of para-hydroxylation sites is 2. The zero-order valence-electron chi connectivity index (χ0n) is 15.7. The summed E-state index contributed by atoms with van der Waals surface area (Å²) in [7, 11) is 0. The number of anilines is 1. The minimum Gasteiger partial charge on any atom is -0.424 e. The van der Waals surface area contributed by atoms with Gasteiger partial charge in [0.25, 0.3) is 6.01 Å². The average Bonchev–Trinajstić information content (AvgIpc) is 2.90. The molecule has 2 aromatic rings. The van der Waals surface area contributed by atoms with Crippen LogP contribution in [0.25, 0.3) is 11.1 Å². The molecule has 0 saturated heterocycles. The summed E-state index contributed by atoms with van der Waals surface area (Å²) in [5, 5.41) is 3.72. The second-order valence-corrected chi connectivity index (χ2v) is 10.4. The molecule has 1 aromatic heterocycles. The van der Waals surface area contributed by atoms with Crippen molar-refractivity contribution >= 4 is 17.1 Å². The number of benzene rings is 1. The number of nitrogens with one attached hydrogen (secondary N) is 1. The lowest BCUT2D eigenvalue weighted by atomic mass is 9.46. The largest absolute Gasteiger partial charge is 0.424 e. The van der Waals surface area contributed by atoms with Gasteiger partial charge in [-0.1, -0.05) is 32.9 Å². The fourth-order valence-electron chi connectivity index (χ4n) is 6.85. The van der Waals surface area contributed by atoms with Gasteiger partial charge in [-0.05, 0) is 79.2 Å². The van der Waals surface area contributed by atoms with E-state index in [9.17, 15) is 0 Å².